The third-order valence-electron chi connectivity index (χ3n) is 12.9. The monoisotopic (exact) mass is 1150 g/mol. The average Bonchev–Trinajstić information content (AvgIpc) is 3.63. The first-order valence-electron chi connectivity index (χ1n) is 25.8. The summed E-state index contributed by atoms with van der Waals surface area (Å²) in [4.78, 5) is 22.3. The molecule has 83 heavy (non-hydrogen) atoms. The number of carboxylic acid groups (broad SMARTS) is 1. The molecule has 0 saturated heterocycles. The van der Waals surface area contributed by atoms with Crippen LogP contribution in [0, 0.1) is 0 Å². The van der Waals surface area contributed by atoms with Crippen molar-refractivity contribution in [2.75, 3.05) is 6.54 Å². The summed E-state index contributed by atoms with van der Waals surface area (Å²) in [6.07, 6.45) is -7.17. The Morgan fingerprint density at radius 1 is 0.482 bits per heavy atom. The molecule has 1 amide bonds. The topological polar surface area (TPSA) is 104 Å². The summed E-state index contributed by atoms with van der Waals surface area (Å²) in [6.45, 7) is 6.76. The fourth-order valence-electron chi connectivity index (χ4n) is 8.84. The van der Waals surface area contributed by atoms with E-state index in [1.165, 1.54) is 81.2 Å². The Balaban J connectivity index is 0.000000246. The van der Waals surface area contributed by atoms with Gasteiger partial charge in [0.2, 0.25) is 5.91 Å². The lowest BCUT2D eigenvalue weighted by Crippen LogP contribution is -2.24. The molecule has 0 radical (unpaired) electrons. The fourth-order valence-corrected chi connectivity index (χ4v) is 8.84. The van der Waals surface area contributed by atoms with E-state index in [4.69, 9.17) is 10.8 Å². The molecule has 0 spiro atoms. The van der Waals surface area contributed by atoms with E-state index in [9.17, 15) is 49.1 Å². The van der Waals surface area contributed by atoms with Crippen LogP contribution in [0.25, 0.3) is 44.5 Å². The van der Waals surface area contributed by atoms with Crippen molar-refractivity contribution in [1.82, 2.24) is 10.6 Å². The smallest absolute Gasteiger partial charge is 0.416 e. The summed E-state index contributed by atoms with van der Waals surface area (Å²) in [6, 6.07) is 57.8. The first-order valence-corrected chi connectivity index (χ1v) is 25.8. The molecule has 0 aromatic heterocycles. The van der Waals surface area contributed by atoms with Gasteiger partial charge in [0.25, 0.3) is 0 Å². The van der Waals surface area contributed by atoms with E-state index in [0.717, 1.165) is 77.3 Å². The number of hydrogen-bond donors (Lipinski definition) is 4. The van der Waals surface area contributed by atoms with Crippen molar-refractivity contribution in [1.29, 1.82) is 0 Å². The highest BCUT2D eigenvalue weighted by Gasteiger charge is 2.32. The first-order chi connectivity index (χ1) is 38.5. The van der Waals surface area contributed by atoms with Crippen LogP contribution in [0.5, 0.6) is 0 Å². The Morgan fingerprint density at radius 2 is 0.855 bits per heavy atom. The Morgan fingerprint density at radius 3 is 1.30 bits per heavy atom. The summed E-state index contributed by atoms with van der Waals surface area (Å²) in [7, 11) is 0. The first kappa shape index (κ1) is 67.0. The van der Waals surface area contributed by atoms with Crippen LogP contribution >= 0.6 is 0 Å². The second-order valence-electron chi connectivity index (χ2n) is 19.0. The maximum Gasteiger partial charge on any atom is 0.416 e. The number of amides is 1. The molecule has 0 aliphatic rings. The molecule has 9 aromatic rings. The number of hydrogen-bond acceptors (Lipinski definition) is 4. The van der Waals surface area contributed by atoms with Gasteiger partial charge in [-0.2, -0.15) is 39.5 Å². The molecular formula is C68H68F9N3O3. The van der Waals surface area contributed by atoms with Crippen molar-refractivity contribution in [3.05, 3.63) is 262 Å². The Hall–Kier alpha value is -8.53. The molecule has 3 unspecified atom stereocenters. The van der Waals surface area contributed by atoms with Gasteiger partial charge >= 0.3 is 24.5 Å². The van der Waals surface area contributed by atoms with Gasteiger partial charge < -0.3 is 21.5 Å². The van der Waals surface area contributed by atoms with Gasteiger partial charge in [0, 0.05) is 24.2 Å². The summed E-state index contributed by atoms with van der Waals surface area (Å²) < 4.78 is 113. The second kappa shape index (κ2) is 31.1. The van der Waals surface area contributed by atoms with Crippen LogP contribution in [0.2, 0.25) is 0 Å². The predicted molar refractivity (Wildman–Crippen MR) is 319 cm³/mol. The van der Waals surface area contributed by atoms with Gasteiger partial charge in [-0.25, -0.2) is 4.79 Å². The maximum atomic E-state index is 12.8. The van der Waals surface area contributed by atoms with Gasteiger partial charge in [-0.3, -0.25) is 4.79 Å². The molecule has 436 valence electrons. The number of benzene rings is 9. The van der Waals surface area contributed by atoms with Crippen LogP contribution in [0.4, 0.5) is 39.5 Å². The minimum absolute atomic E-state index is 0. The number of rotatable bonds is 13. The molecule has 9 aromatic carbocycles. The standard InChI is InChI=1S/C22H18F3NO.C22H22F3N.C12H13N.C10H7F3O2.2CH4/c1-15(19-11-5-8-17-7-2-3-10-20(17)19)26-21(27)13-12-16-6-4-9-18(14-16)22(23,24)25;1-16(20-13-5-10-18-9-2-3-12-21(18)20)26-14-6-8-17-7-4-11-19(15-17)22(23,24)25;1-9(13)11-8-4-6-10-5-2-3-7-12(10)11;11-10(12,13)8-3-1-2-7(6-8)4-5-9(14)15;;/h2-15H,1H3,(H,26,27);2-5,7,9-13,15-16,26H,6,8,14H2,1H3;2-9H,13H2,1H3;1-6H,(H,14,15);2*1H4. The SMILES string of the molecule is C.C.CC(N)c1cccc2ccccc12.CC(NC(=O)C=Cc1cccc(C(F)(F)F)c1)c1cccc2ccccc12.CC(NCCCc1cccc(C(F)(F)F)c1)c1cccc2ccccc12.O=C(O)C=Cc1cccc(C(F)(F)F)c1. The third kappa shape index (κ3) is 20.4. The molecule has 6 nitrogen and oxygen atoms in total. The lowest BCUT2D eigenvalue weighted by atomic mass is 9.99. The Bertz CT molecular complexity index is 3570. The Kier molecular flexibility index (Phi) is 25.1. The van der Waals surface area contributed by atoms with Crippen LogP contribution in [0.15, 0.2) is 212 Å². The minimum atomic E-state index is -4.41. The van der Waals surface area contributed by atoms with E-state index in [2.05, 4.69) is 78.2 Å². The molecule has 0 saturated carbocycles. The molecular weight excluding hydrogens is 1080 g/mol. The number of aryl methyl sites for hydroxylation is 1. The van der Waals surface area contributed by atoms with E-state index in [1.807, 2.05) is 80.6 Å². The lowest BCUT2D eigenvalue weighted by molar-refractivity contribution is -0.138. The third-order valence-corrected chi connectivity index (χ3v) is 12.9. The zero-order chi connectivity index (χ0) is 58.7. The number of fused-ring (bicyclic) bond motifs is 3. The number of carboxylic acids is 1. The quantitative estimate of drug-likeness (QED) is 0.0523. The van der Waals surface area contributed by atoms with E-state index >= 15 is 0 Å². The normalized spacial score (nSPS) is 12.5. The highest BCUT2D eigenvalue weighted by Crippen LogP contribution is 2.33. The van der Waals surface area contributed by atoms with Crippen molar-refractivity contribution in [3.63, 3.8) is 0 Å². The van der Waals surface area contributed by atoms with Crippen LogP contribution < -0.4 is 16.4 Å². The lowest BCUT2D eigenvalue weighted by Gasteiger charge is -2.17. The minimum Gasteiger partial charge on any atom is -0.478 e. The van der Waals surface area contributed by atoms with Gasteiger partial charge in [0.15, 0.2) is 0 Å². The summed E-state index contributed by atoms with van der Waals surface area (Å²) in [5.74, 6) is -1.57. The highest BCUT2D eigenvalue weighted by molar-refractivity contribution is 5.93. The van der Waals surface area contributed by atoms with Crippen molar-refractivity contribution in [3.8, 4) is 0 Å². The zero-order valence-electron chi connectivity index (χ0n) is 44.5. The van der Waals surface area contributed by atoms with Crippen LogP contribution in [-0.4, -0.2) is 23.5 Å². The number of carbonyl (C=O) groups is 2. The molecule has 9 rings (SSSR count). The summed E-state index contributed by atoms with van der Waals surface area (Å²) in [5, 5.41) is 21.7. The van der Waals surface area contributed by atoms with Crippen molar-refractivity contribution < 1.29 is 54.2 Å². The van der Waals surface area contributed by atoms with Gasteiger partial charge in [0.1, 0.15) is 0 Å². The molecule has 0 heterocycles. The molecule has 0 aliphatic heterocycles. The van der Waals surface area contributed by atoms with E-state index in [0.29, 0.717) is 12.0 Å². The van der Waals surface area contributed by atoms with Crippen LogP contribution in [0.1, 0.15) is 110 Å². The number of alkyl halides is 9. The van der Waals surface area contributed by atoms with Crippen molar-refractivity contribution in [2.45, 2.75) is 85.1 Å². The molecule has 5 N–H and O–H groups in total. The van der Waals surface area contributed by atoms with Gasteiger partial charge in [-0.1, -0.05) is 185 Å². The molecule has 0 aliphatic carbocycles. The largest absolute Gasteiger partial charge is 0.478 e. The van der Waals surface area contributed by atoms with Gasteiger partial charge in [-0.05, 0) is 148 Å². The van der Waals surface area contributed by atoms with Crippen molar-refractivity contribution in [2.24, 2.45) is 5.73 Å². The van der Waals surface area contributed by atoms with E-state index in [-0.39, 0.29) is 44.4 Å². The van der Waals surface area contributed by atoms with Gasteiger partial charge in [0.05, 0.1) is 22.7 Å². The number of aliphatic carboxylic acids is 1. The predicted octanol–water partition coefficient (Wildman–Crippen LogP) is 18.8. The Labute approximate surface area is 479 Å². The molecule has 0 fully saturated rings. The summed E-state index contributed by atoms with van der Waals surface area (Å²) in [5.41, 5.74) is 8.44. The maximum absolute atomic E-state index is 12.8. The fraction of sp³-hybridized carbons (Fsp3) is 0.206. The van der Waals surface area contributed by atoms with E-state index < -0.39 is 41.2 Å². The number of nitrogens with one attached hydrogen (secondary N) is 2. The van der Waals surface area contributed by atoms with E-state index in [1.54, 1.807) is 6.07 Å². The van der Waals surface area contributed by atoms with Crippen LogP contribution in [-0.2, 0) is 34.5 Å². The summed E-state index contributed by atoms with van der Waals surface area (Å²) >= 11 is 0. The van der Waals surface area contributed by atoms with Gasteiger partial charge in [-0.15, -0.1) is 0 Å². The zero-order valence-corrected chi connectivity index (χ0v) is 44.5. The number of nitrogens with two attached hydrogens (primary N) is 1. The van der Waals surface area contributed by atoms with Crippen molar-refractivity contribution >= 4 is 56.3 Å². The highest BCUT2D eigenvalue weighted by atomic mass is 19.4. The number of halogens is 9. The molecule has 15 heteroatoms. The molecule has 3 atom stereocenters. The molecule has 0 bridgehead atoms. The number of carbonyl (C=O) groups excluding carboxylic acids is 1. The average molecular weight is 1150 g/mol. The van der Waals surface area contributed by atoms with Crippen LogP contribution in [0.3, 0.4) is 0 Å². The second-order valence-corrected chi connectivity index (χ2v) is 19.0.